The maximum atomic E-state index is 10.0. The van der Waals surface area contributed by atoms with Crippen LogP contribution in [0.5, 0.6) is 5.75 Å². The van der Waals surface area contributed by atoms with E-state index in [0.717, 1.165) is 51.7 Å². The van der Waals surface area contributed by atoms with Gasteiger partial charge >= 0.3 is 0 Å². The molecule has 0 bridgehead atoms. The number of anilines is 1. The maximum absolute atomic E-state index is 10.0. The molecule has 4 rings (SSSR count). The Bertz CT molecular complexity index is 999. The van der Waals surface area contributed by atoms with Gasteiger partial charge in [0.05, 0.1) is 11.2 Å². The Balaban J connectivity index is 0.000000660. The minimum atomic E-state index is 0.345. The molecule has 1 aromatic heterocycles. The highest BCUT2D eigenvalue weighted by molar-refractivity contribution is 6.06. The first-order chi connectivity index (χ1) is 13.5. The minimum absolute atomic E-state index is 0.345. The zero-order valence-corrected chi connectivity index (χ0v) is 17.8. The molecular formula is C24H31N3O. The van der Waals surface area contributed by atoms with Crippen LogP contribution in [0.2, 0.25) is 0 Å². The minimum Gasteiger partial charge on any atom is -0.507 e. The second kappa shape index (κ2) is 8.87. The molecule has 2 aromatic carbocycles. The van der Waals surface area contributed by atoms with Gasteiger partial charge in [0, 0.05) is 28.4 Å². The first-order valence-corrected chi connectivity index (χ1v) is 10.1. The number of phenols is 1. The summed E-state index contributed by atoms with van der Waals surface area (Å²) >= 11 is 0. The fourth-order valence-corrected chi connectivity index (χ4v) is 3.62. The van der Waals surface area contributed by atoms with E-state index in [9.17, 15) is 5.11 Å². The number of nitrogen functional groups attached to an aromatic ring is 1. The normalized spacial score (nSPS) is 11.4. The van der Waals surface area contributed by atoms with Gasteiger partial charge in [0.2, 0.25) is 0 Å². The van der Waals surface area contributed by atoms with Crippen LogP contribution in [0.25, 0.3) is 22.2 Å². The van der Waals surface area contributed by atoms with Crippen LogP contribution < -0.4 is 5.73 Å². The number of rotatable bonds is 2. The average Bonchev–Trinajstić information content (AvgIpc) is 2.69. The van der Waals surface area contributed by atoms with Crippen molar-refractivity contribution in [2.45, 2.75) is 54.4 Å². The van der Waals surface area contributed by atoms with Crippen LogP contribution in [0, 0.1) is 19.3 Å². The second-order valence-corrected chi connectivity index (χ2v) is 6.48. The molecule has 28 heavy (non-hydrogen) atoms. The monoisotopic (exact) mass is 377 g/mol. The lowest BCUT2D eigenvalue weighted by atomic mass is 9.81. The smallest absolute Gasteiger partial charge is 0.121 e. The molecule has 4 nitrogen and oxygen atoms in total. The Labute approximate surface area is 167 Å². The van der Waals surface area contributed by atoms with E-state index in [0.29, 0.717) is 11.4 Å². The summed E-state index contributed by atoms with van der Waals surface area (Å²) in [5, 5.41) is 18.7. The fourth-order valence-electron chi connectivity index (χ4n) is 3.62. The molecule has 1 aliphatic rings. The van der Waals surface area contributed by atoms with E-state index >= 15 is 0 Å². The van der Waals surface area contributed by atoms with Crippen molar-refractivity contribution in [1.82, 2.24) is 4.98 Å². The molecule has 4 heteroatoms. The first kappa shape index (κ1) is 21.4. The molecule has 3 aromatic rings. The van der Waals surface area contributed by atoms with Crippen molar-refractivity contribution in [1.29, 1.82) is 5.41 Å². The number of nitrogens with one attached hydrogen (secondary N) is 1. The summed E-state index contributed by atoms with van der Waals surface area (Å²) in [4.78, 5) is 4.88. The number of phenolic OH excluding ortho intramolecular Hbond substituents is 1. The van der Waals surface area contributed by atoms with Crippen LogP contribution in [0.1, 0.15) is 55.5 Å². The lowest BCUT2D eigenvalue weighted by Gasteiger charge is -2.26. The van der Waals surface area contributed by atoms with Crippen LogP contribution in [0.3, 0.4) is 0 Å². The Morgan fingerprint density at radius 1 is 1.00 bits per heavy atom. The van der Waals surface area contributed by atoms with Gasteiger partial charge in [0.15, 0.2) is 0 Å². The highest BCUT2D eigenvalue weighted by Gasteiger charge is 2.25. The van der Waals surface area contributed by atoms with Crippen LogP contribution >= 0.6 is 0 Å². The maximum Gasteiger partial charge on any atom is 0.121 e. The summed E-state index contributed by atoms with van der Waals surface area (Å²) in [5.41, 5.74) is 14.5. The Morgan fingerprint density at radius 3 is 2.07 bits per heavy atom. The SMILES string of the molecule is CC.CC.Cc1cc(-c2nc3ccc(N)c(C=N)c3c3c2CC3)cc(C)c1O. The van der Waals surface area contributed by atoms with Crippen LogP contribution in [-0.4, -0.2) is 16.3 Å². The molecule has 0 radical (unpaired) electrons. The lowest BCUT2D eigenvalue weighted by molar-refractivity contribution is 0.467. The molecule has 0 amide bonds. The number of hydrogen-bond donors (Lipinski definition) is 3. The van der Waals surface area contributed by atoms with Crippen LogP contribution in [0.15, 0.2) is 24.3 Å². The number of benzene rings is 2. The van der Waals surface area contributed by atoms with Crippen molar-refractivity contribution in [3.63, 3.8) is 0 Å². The number of hydrogen-bond acceptors (Lipinski definition) is 4. The topological polar surface area (TPSA) is 83.0 Å². The van der Waals surface area contributed by atoms with E-state index in [1.165, 1.54) is 17.3 Å². The van der Waals surface area contributed by atoms with Crippen molar-refractivity contribution in [3.05, 3.63) is 52.1 Å². The van der Waals surface area contributed by atoms with E-state index in [2.05, 4.69) is 0 Å². The van der Waals surface area contributed by atoms with E-state index in [1.54, 1.807) is 0 Å². The van der Waals surface area contributed by atoms with Gasteiger partial charge in [-0.2, -0.15) is 0 Å². The zero-order chi connectivity index (χ0) is 21.0. The quantitative estimate of drug-likeness (QED) is 0.381. The van der Waals surface area contributed by atoms with Gasteiger partial charge in [-0.3, -0.25) is 0 Å². The number of nitrogens with zero attached hydrogens (tertiary/aromatic N) is 1. The van der Waals surface area contributed by atoms with Gasteiger partial charge in [-0.25, -0.2) is 4.98 Å². The van der Waals surface area contributed by atoms with Gasteiger partial charge in [0.1, 0.15) is 5.75 Å². The number of fused-ring (bicyclic) bond motifs is 3. The molecule has 0 unspecified atom stereocenters. The van der Waals surface area contributed by atoms with Gasteiger partial charge in [-0.05, 0) is 73.2 Å². The molecule has 148 valence electrons. The van der Waals surface area contributed by atoms with Gasteiger partial charge in [-0.1, -0.05) is 27.7 Å². The highest BCUT2D eigenvalue weighted by Crippen LogP contribution is 2.40. The second-order valence-electron chi connectivity index (χ2n) is 6.48. The lowest BCUT2D eigenvalue weighted by Crippen LogP contribution is -2.14. The van der Waals surface area contributed by atoms with Crippen molar-refractivity contribution in [2.24, 2.45) is 0 Å². The summed E-state index contributed by atoms with van der Waals surface area (Å²) in [6.45, 7) is 11.8. The molecule has 0 atom stereocenters. The third-order valence-corrected chi connectivity index (χ3v) is 4.98. The Kier molecular flexibility index (Phi) is 6.79. The molecular weight excluding hydrogens is 346 g/mol. The van der Waals surface area contributed by atoms with Gasteiger partial charge in [0.25, 0.3) is 0 Å². The third kappa shape index (κ3) is 3.47. The van der Waals surface area contributed by atoms with Crippen molar-refractivity contribution >= 4 is 22.8 Å². The molecule has 1 heterocycles. The molecule has 0 aliphatic heterocycles. The molecule has 0 saturated heterocycles. The summed E-state index contributed by atoms with van der Waals surface area (Å²) in [6.07, 6.45) is 3.30. The molecule has 0 spiro atoms. The molecule has 0 saturated carbocycles. The van der Waals surface area contributed by atoms with E-state index in [-0.39, 0.29) is 0 Å². The number of nitrogens with two attached hydrogens (primary N) is 1. The largest absolute Gasteiger partial charge is 0.507 e. The van der Waals surface area contributed by atoms with Crippen LogP contribution in [-0.2, 0) is 12.8 Å². The predicted octanol–water partition coefficient (Wildman–Crippen LogP) is 5.96. The number of pyridine rings is 1. The van der Waals surface area contributed by atoms with Crippen molar-refractivity contribution in [3.8, 4) is 17.0 Å². The zero-order valence-electron chi connectivity index (χ0n) is 17.8. The van der Waals surface area contributed by atoms with E-state index < -0.39 is 0 Å². The van der Waals surface area contributed by atoms with Gasteiger partial charge in [-0.15, -0.1) is 0 Å². The molecule has 1 aliphatic carbocycles. The summed E-state index contributed by atoms with van der Waals surface area (Å²) in [7, 11) is 0. The predicted molar refractivity (Wildman–Crippen MR) is 121 cm³/mol. The Hall–Kier alpha value is -2.88. The summed E-state index contributed by atoms with van der Waals surface area (Å²) < 4.78 is 0. The average molecular weight is 378 g/mol. The number of aromatic nitrogens is 1. The standard InChI is InChI=1S/C20H19N3O.2C2H6/c1-10-7-12(8-11(2)20(10)24)19-14-4-3-13(14)18-15(9-21)16(22)5-6-17(18)23-19;2*1-2/h5-9,21,24H,3-4,22H2,1-2H3;2*1-2H3. The van der Waals surface area contributed by atoms with Crippen molar-refractivity contribution < 1.29 is 5.11 Å². The van der Waals surface area contributed by atoms with E-state index in [1.807, 2.05) is 65.8 Å². The van der Waals surface area contributed by atoms with Gasteiger partial charge < -0.3 is 16.2 Å². The summed E-state index contributed by atoms with van der Waals surface area (Å²) in [5.74, 6) is 0.345. The van der Waals surface area contributed by atoms with E-state index in [4.69, 9.17) is 16.1 Å². The fraction of sp³-hybridized carbons (Fsp3) is 0.333. The molecule has 4 N–H and O–H groups in total. The number of aromatic hydroxyl groups is 1. The Morgan fingerprint density at radius 2 is 1.57 bits per heavy atom. The first-order valence-electron chi connectivity index (χ1n) is 10.1. The summed E-state index contributed by atoms with van der Waals surface area (Å²) in [6, 6.07) is 7.73. The van der Waals surface area contributed by atoms with Crippen molar-refractivity contribution in [2.75, 3.05) is 5.73 Å². The number of aryl methyl sites for hydroxylation is 3. The third-order valence-electron chi connectivity index (χ3n) is 4.98. The van der Waals surface area contributed by atoms with Crippen LogP contribution in [0.4, 0.5) is 5.69 Å². The highest BCUT2D eigenvalue weighted by atomic mass is 16.3. The molecule has 0 fully saturated rings.